The monoisotopic (exact) mass is 786 g/mol. The van der Waals surface area contributed by atoms with Crippen molar-refractivity contribution >= 4 is 68.7 Å². The lowest BCUT2D eigenvalue weighted by molar-refractivity contribution is -0.126. The zero-order valence-corrected chi connectivity index (χ0v) is 32.7. The van der Waals surface area contributed by atoms with Crippen LogP contribution in [0.2, 0.25) is 10.0 Å². The Balaban J connectivity index is 1.10. The van der Waals surface area contributed by atoms with Crippen molar-refractivity contribution in [2.75, 3.05) is 36.5 Å². The van der Waals surface area contributed by atoms with Gasteiger partial charge in [0.2, 0.25) is 5.91 Å². The van der Waals surface area contributed by atoms with Gasteiger partial charge < -0.3 is 30.2 Å². The fraction of sp³-hybridized carbons (Fsp3) is 0.311. The lowest BCUT2D eigenvalue weighted by Crippen LogP contribution is -2.45. The van der Waals surface area contributed by atoms with Crippen molar-refractivity contribution in [1.29, 1.82) is 0 Å². The first-order chi connectivity index (χ1) is 27.3. The van der Waals surface area contributed by atoms with Gasteiger partial charge in [-0.2, -0.15) is 0 Å². The van der Waals surface area contributed by atoms with Crippen molar-refractivity contribution in [2.45, 2.75) is 51.1 Å². The molecule has 286 valence electrons. The number of fused-ring (bicyclic) bond motifs is 2. The number of nitrogens with one attached hydrogen (secondary N) is 3. The Labute approximate surface area is 336 Å². The summed E-state index contributed by atoms with van der Waals surface area (Å²) < 4.78 is 5.46. The van der Waals surface area contributed by atoms with Crippen LogP contribution in [0, 0.1) is 11.8 Å². The summed E-state index contributed by atoms with van der Waals surface area (Å²) in [6.07, 6.45) is 10.1. The molecule has 4 aliphatic rings. The Morgan fingerprint density at radius 2 is 1.68 bits per heavy atom. The quantitative estimate of drug-likeness (QED) is 0.152. The van der Waals surface area contributed by atoms with Crippen LogP contribution in [-0.2, 0) is 9.53 Å². The van der Waals surface area contributed by atoms with Crippen LogP contribution in [0.15, 0.2) is 97.3 Å². The number of carbonyl (C=O) groups excluding carboxylic acids is 2. The van der Waals surface area contributed by atoms with E-state index in [-0.39, 0.29) is 35.7 Å². The molecule has 2 unspecified atom stereocenters. The van der Waals surface area contributed by atoms with Gasteiger partial charge in [-0.25, -0.2) is 4.98 Å². The average Bonchev–Trinajstić information content (AvgIpc) is 3.51. The van der Waals surface area contributed by atoms with E-state index in [0.717, 1.165) is 63.7 Å². The highest BCUT2D eigenvalue weighted by Gasteiger charge is 2.40. The van der Waals surface area contributed by atoms with Gasteiger partial charge in [0.1, 0.15) is 5.69 Å². The molecule has 2 fully saturated rings. The molecule has 3 N–H and O–H groups in total. The van der Waals surface area contributed by atoms with Gasteiger partial charge in [-0.1, -0.05) is 78.7 Å². The number of H-pyrrole nitrogens is 1. The molecule has 9 rings (SSSR count). The van der Waals surface area contributed by atoms with Crippen LogP contribution >= 0.6 is 23.2 Å². The maximum Gasteiger partial charge on any atom is 0.272 e. The average molecular weight is 788 g/mol. The van der Waals surface area contributed by atoms with E-state index >= 15 is 0 Å². The third-order valence-corrected chi connectivity index (χ3v) is 12.2. The van der Waals surface area contributed by atoms with Gasteiger partial charge in [0.15, 0.2) is 5.82 Å². The topological polar surface area (TPSA) is 103 Å². The molecule has 2 saturated heterocycles. The zero-order valence-electron chi connectivity index (χ0n) is 31.2. The number of benzene rings is 3. The molecular formula is C45H44Cl2N6O3. The molecule has 2 atom stereocenters. The van der Waals surface area contributed by atoms with Gasteiger partial charge in [-0.3, -0.25) is 9.59 Å². The molecule has 0 spiro atoms. The van der Waals surface area contributed by atoms with Crippen molar-refractivity contribution < 1.29 is 14.3 Å². The molecule has 6 heterocycles. The minimum Gasteiger partial charge on any atom is -0.381 e. The third kappa shape index (κ3) is 6.86. The van der Waals surface area contributed by atoms with Crippen LogP contribution in [0.3, 0.4) is 0 Å². The van der Waals surface area contributed by atoms with Gasteiger partial charge in [0.25, 0.3) is 5.91 Å². The number of rotatable bonds is 7. The standard InChI is InChI=1S/C45H44Cl2N6O3/c1-27-7-6-20-53-41(29-11-13-31(46)14-12-29)34-25-32(47)26-36-38(34)39(42(53)37(27)28-8-3-2-4-9-28)40(50-36)45(55)51-35-10-5-19-48-43(35)52-21-15-30(16-22-52)44(54)49-33-17-23-56-24-18-33/h2-6,8-14,19-20,25-27,30,33,41,50H,7,15-18,21-24H2,1H3,(H,49,54)(H,51,55). The summed E-state index contributed by atoms with van der Waals surface area (Å²) in [7, 11) is 0. The second kappa shape index (κ2) is 15.4. The Hall–Kier alpha value is -5.09. The van der Waals surface area contributed by atoms with Gasteiger partial charge in [0, 0.05) is 77.2 Å². The predicted molar refractivity (Wildman–Crippen MR) is 224 cm³/mol. The van der Waals surface area contributed by atoms with Crippen LogP contribution in [0.4, 0.5) is 11.5 Å². The lowest BCUT2D eigenvalue weighted by atomic mass is 9.82. The number of amides is 2. The number of carbonyl (C=O) groups is 2. The second-order valence-electron chi connectivity index (χ2n) is 15.3. The molecule has 3 aromatic carbocycles. The van der Waals surface area contributed by atoms with Gasteiger partial charge in [-0.05, 0) is 96.7 Å². The first-order valence-corrected chi connectivity index (χ1v) is 20.3. The summed E-state index contributed by atoms with van der Waals surface area (Å²) in [4.78, 5) is 40.8. The number of anilines is 2. The van der Waals surface area contributed by atoms with Crippen molar-refractivity contribution in [2.24, 2.45) is 11.8 Å². The maximum atomic E-state index is 14.9. The SMILES string of the molecule is CC1CC=CN2C(=C1c1ccccc1)c1c(C(=O)Nc3cccnc3N3CCC(C(=O)NC4CCOCC4)CC3)[nH]c3cc(Cl)cc(c13)C2c1ccc(Cl)cc1. The fourth-order valence-corrected chi connectivity index (χ4v) is 9.35. The number of nitrogens with zero attached hydrogens (tertiary/aromatic N) is 3. The first-order valence-electron chi connectivity index (χ1n) is 19.6. The number of aromatic nitrogens is 2. The van der Waals surface area contributed by atoms with Gasteiger partial charge in [0.05, 0.1) is 17.4 Å². The molecule has 56 heavy (non-hydrogen) atoms. The molecule has 2 aromatic heterocycles. The van der Waals surface area contributed by atoms with Gasteiger partial charge in [-0.15, -0.1) is 0 Å². The molecule has 0 saturated carbocycles. The van der Waals surface area contributed by atoms with Gasteiger partial charge >= 0.3 is 0 Å². The predicted octanol–water partition coefficient (Wildman–Crippen LogP) is 9.46. The van der Waals surface area contributed by atoms with Crippen molar-refractivity contribution in [3.05, 3.63) is 135 Å². The van der Waals surface area contributed by atoms with Crippen LogP contribution in [0.5, 0.6) is 0 Å². The van der Waals surface area contributed by atoms with E-state index < -0.39 is 0 Å². The van der Waals surface area contributed by atoms with E-state index in [1.165, 1.54) is 0 Å². The molecule has 4 aliphatic heterocycles. The Bertz CT molecular complexity index is 2340. The van der Waals surface area contributed by atoms with E-state index in [9.17, 15) is 9.59 Å². The number of piperidine rings is 1. The van der Waals surface area contributed by atoms with E-state index in [1.54, 1.807) is 6.20 Å². The van der Waals surface area contributed by atoms with Crippen LogP contribution < -0.4 is 15.5 Å². The normalized spacial score (nSPS) is 20.2. The zero-order chi connectivity index (χ0) is 38.3. The van der Waals surface area contributed by atoms with Crippen LogP contribution in [0.25, 0.3) is 22.2 Å². The summed E-state index contributed by atoms with van der Waals surface area (Å²) in [5.74, 6) is 0.638. The molecule has 0 radical (unpaired) electrons. The lowest BCUT2D eigenvalue weighted by Gasteiger charge is -2.39. The number of halogens is 2. The van der Waals surface area contributed by atoms with Crippen molar-refractivity contribution in [3.63, 3.8) is 0 Å². The summed E-state index contributed by atoms with van der Waals surface area (Å²) in [6, 6.07) is 26.1. The molecule has 9 nitrogen and oxygen atoms in total. The highest BCUT2D eigenvalue weighted by molar-refractivity contribution is 6.32. The number of pyridine rings is 1. The van der Waals surface area contributed by atoms with Crippen molar-refractivity contribution in [3.8, 4) is 0 Å². The van der Waals surface area contributed by atoms with E-state index in [1.807, 2.05) is 42.5 Å². The summed E-state index contributed by atoms with van der Waals surface area (Å²) >= 11 is 13.3. The second-order valence-corrected chi connectivity index (χ2v) is 16.2. The molecule has 2 amide bonds. The van der Waals surface area contributed by atoms with E-state index in [4.69, 9.17) is 32.9 Å². The van der Waals surface area contributed by atoms with E-state index in [0.29, 0.717) is 66.4 Å². The number of aromatic amines is 1. The number of allylic oxidation sites excluding steroid dienone is 2. The summed E-state index contributed by atoms with van der Waals surface area (Å²) in [5.41, 5.74) is 8.01. The largest absolute Gasteiger partial charge is 0.381 e. The fourth-order valence-electron chi connectivity index (χ4n) is 8.99. The highest BCUT2D eigenvalue weighted by atomic mass is 35.5. The number of hydrogen-bond acceptors (Lipinski definition) is 6. The Morgan fingerprint density at radius 3 is 2.45 bits per heavy atom. The molecule has 11 heteroatoms. The first kappa shape index (κ1) is 36.5. The smallest absolute Gasteiger partial charge is 0.272 e. The molecule has 5 aromatic rings. The summed E-state index contributed by atoms with van der Waals surface area (Å²) in [5, 5.41) is 8.72. The highest BCUT2D eigenvalue weighted by Crippen LogP contribution is 2.53. The minimum atomic E-state index is -0.274. The molecule has 0 bridgehead atoms. The Kier molecular flexibility index (Phi) is 10.1. The van der Waals surface area contributed by atoms with Crippen LogP contribution in [0.1, 0.15) is 77.8 Å². The number of hydrogen-bond donors (Lipinski definition) is 3. The van der Waals surface area contributed by atoms with E-state index in [2.05, 4.69) is 81.0 Å². The molecular weight excluding hydrogens is 743 g/mol. The maximum absolute atomic E-state index is 14.9. The minimum absolute atomic E-state index is 0.0564. The van der Waals surface area contributed by atoms with Crippen LogP contribution in [-0.4, -0.2) is 59.0 Å². The number of ether oxygens (including phenoxy) is 1. The van der Waals surface area contributed by atoms with Crippen molar-refractivity contribution in [1.82, 2.24) is 20.2 Å². The summed E-state index contributed by atoms with van der Waals surface area (Å²) in [6.45, 7) is 4.95. The molecule has 0 aliphatic carbocycles. The Morgan fingerprint density at radius 1 is 0.911 bits per heavy atom. The third-order valence-electron chi connectivity index (χ3n) is 11.7.